The van der Waals surface area contributed by atoms with Crippen molar-refractivity contribution in [1.82, 2.24) is 0 Å². The molecule has 0 aliphatic heterocycles. The van der Waals surface area contributed by atoms with Crippen LogP contribution in [0.2, 0.25) is 0 Å². The summed E-state index contributed by atoms with van der Waals surface area (Å²) in [6.45, 7) is 40.7. The molecule has 58 heavy (non-hydrogen) atoms. The normalized spacial score (nSPS) is 17.3. The van der Waals surface area contributed by atoms with Crippen LogP contribution in [0.15, 0.2) is 129 Å². The van der Waals surface area contributed by atoms with Crippen LogP contribution in [0.3, 0.4) is 0 Å². The predicted octanol–water partition coefficient (Wildman–Crippen LogP) is 17.2. The summed E-state index contributed by atoms with van der Waals surface area (Å²) in [4.78, 5) is 0. The van der Waals surface area contributed by atoms with Crippen molar-refractivity contribution in [3.8, 4) is 0 Å². The molecule has 0 heterocycles. The van der Waals surface area contributed by atoms with Crippen molar-refractivity contribution in [1.29, 1.82) is 0 Å². The Balaban J connectivity index is 1.70. The van der Waals surface area contributed by atoms with Gasteiger partial charge >= 0.3 is 0 Å². The number of benzene rings is 2. The van der Waals surface area contributed by atoms with Crippen molar-refractivity contribution < 1.29 is 0 Å². The topological polar surface area (TPSA) is 0 Å². The Morgan fingerprint density at radius 1 is 0.448 bits per heavy atom. The van der Waals surface area contributed by atoms with Crippen molar-refractivity contribution in [2.75, 3.05) is 0 Å². The fraction of sp³-hybridized carbons (Fsp3) is 0.345. The standard InChI is InChI=1S/C58H72/c1-19-36(2)37(3)25-20-21-26-38(4)40(6)28-23-31-52-45(11)47(13)54-33-34-55-48(14)46(12)53(50(16)57(55)58(17,18)56(54)49(52)15)32-24-29-41(7)39(5)27-22-30-51-35-42(8)43(9)44(51)10/h19-34H,35H2,1-18H3/b21-20+,30-22+,31-23+,32-24+,36-19?,37-25?,38-26?,39-27?,40-28?,41-29?. The number of hydrogen-bond donors (Lipinski definition) is 0. The molecule has 2 aromatic rings. The van der Waals surface area contributed by atoms with Gasteiger partial charge in [-0.15, -0.1) is 0 Å². The van der Waals surface area contributed by atoms with Gasteiger partial charge in [0.25, 0.3) is 0 Å². The Hall–Kier alpha value is -4.94. The van der Waals surface area contributed by atoms with Crippen molar-refractivity contribution in [2.24, 2.45) is 0 Å². The van der Waals surface area contributed by atoms with Crippen molar-refractivity contribution in [3.05, 3.63) is 195 Å². The minimum Gasteiger partial charge on any atom is -0.0845 e. The Labute approximate surface area is 354 Å². The lowest BCUT2D eigenvalue weighted by Crippen LogP contribution is -2.26. The number of rotatable bonds is 11. The molecule has 0 N–H and O–H groups in total. The maximum atomic E-state index is 2.44. The third-order valence-electron chi connectivity index (χ3n) is 13.6. The van der Waals surface area contributed by atoms with Crippen LogP contribution in [0.1, 0.15) is 156 Å². The molecule has 0 spiro atoms. The first-order chi connectivity index (χ1) is 27.3. The molecule has 0 fully saturated rings. The SMILES string of the molecule is CC=C(C)C(C)=C/C=C/C=C(C)C(C)=C/C=C/c1c(C)c(C)c2c(c1C)C(C)(C)c1c(C)c(/C=C/C=C(C)C(C)=C/C=C/C3=C(C)C(C)=C(C)C3)c(C)c(C)c1C=C2. The van der Waals surface area contributed by atoms with Gasteiger partial charge in [-0.2, -0.15) is 0 Å². The van der Waals surface area contributed by atoms with E-state index in [1.165, 1.54) is 122 Å². The molecule has 0 bridgehead atoms. The summed E-state index contributed by atoms with van der Waals surface area (Å²) in [5.41, 5.74) is 29.6. The molecule has 304 valence electrons. The molecule has 0 saturated carbocycles. The second-order valence-electron chi connectivity index (χ2n) is 17.5. The van der Waals surface area contributed by atoms with Crippen LogP contribution in [0, 0.1) is 41.5 Å². The summed E-state index contributed by atoms with van der Waals surface area (Å²) in [7, 11) is 0. The van der Waals surface area contributed by atoms with Gasteiger partial charge in [0.2, 0.25) is 0 Å². The summed E-state index contributed by atoms with van der Waals surface area (Å²) >= 11 is 0. The fourth-order valence-electron chi connectivity index (χ4n) is 8.70. The third kappa shape index (κ3) is 9.67. The zero-order valence-corrected chi connectivity index (χ0v) is 39.4. The third-order valence-corrected chi connectivity index (χ3v) is 13.6. The number of fused-ring (bicyclic) bond motifs is 2. The highest BCUT2D eigenvalue weighted by atomic mass is 14.4. The monoisotopic (exact) mass is 769 g/mol. The highest BCUT2D eigenvalue weighted by Gasteiger charge is 2.35. The maximum Gasteiger partial charge on any atom is 0.0164 e. The predicted molar refractivity (Wildman–Crippen MR) is 263 cm³/mol. The van der Waals surface area contributed by atoms with E-state index >= 15 is 0 Å². The van der Waals surface area contributed by atoms with Gasteiger partial charge in [0.1, 0.15) is 0 Å². The lowest BCUT2D eigenvalue weighted by Gasteiger charge is -2.35. The fourth-order valence-corrected chi connectivity index (χ4v) is 8.70. The molecule has 4 rings (SSSR count). The lowest BCUT2D eigenvalue weighted by atomic mass is 9.68. The van der Waals surface area contributed by atoms with Crippen LogP contribution in [0.5, 0.6) is 0 Å². The molecule has 2 aliphatic rings. The summed E-state index contributed by atoms with van der Waals surface area (Å²) in [6, 6.07) is 0. The number of hydrogen-bond acceptors (Lipinski definition) is 0. The first-order valence-electron chi connectivity index (χ1n) is 21.3. The van der Waals surface area contributed by atoms with E-state index in [4.69, 9.17) is 0 Å². The van der Waals surface area contributed by atoms with Crippen LogP contribution in [0.25, 0.3) is 24.3 Å². The molecule has 2 aromatic carbocycles. The molecule has 0 heteroatoms. The van der Waals surface area contributed by atoms with Gasteiger partial charge in [-0.3, -0.25) is 0 Å². The van der Waals surface area contributed by atoms with Crippen molar-refractivity contribution in [2.45, 2.75) is 136 Å². The average Bonchev–Trinajstić information content (AvgIpc) is 3.34. The van der Waals surface area contributed by atoms with E-state index in [-0.39, 0.29) is 5.41 Å². The lowest BCUT2D eigenvalue weighted by molar-refractivity contribution is 0.627. The summed E-state index contributed by atoms with van der Waals surface area (Å²) in [5.74, 6) is 0. The summed E-state index contributed by atoms with van der Waals surface area (Å²) < 4.78 is 0. The number of allylic oxidation sites excluding steroid dienone is 22. The van der Waals surface area contributed by atoms with Gasteiger partial charge in [-0.1, -0.05) is 122 Å². The van der Waals surface area contributed by atoms with E-state index < -0.39 is 0 Å². The second kappa shape index (κ2) is 19.2. The summed E-state index contributed by atoms with van der Waals surface area (Å²) in [5, 5.41) is 0. The molecule has 0 amide bonds. The Kier molecular flexibility index (Phi) is 15.2. The van der Waals surface area contributed by atoms with Crippen LogP contribution in [0.4, 0.5) is 0 Å². The zero-order valence-electron chi connectivity index (χ0n) is 39.4. The van der Waals surface area contributed by atoms with E-state index in [0.717, 1.165) is 6.42 Å². The molecule has 2 aliphatic carbocycles. The zero-order chi connectivity index (χ0) is 43.2. The van der Waals surface area contributed by atoms with Gasteiger partial charge < -0.3 is 0 Å². The quantitative estimate of drug-likeness (QED) is 0.200. The molecule has 0 radical (unpaired) electrons. The van der Waals surface area contributed by atoms with Gasteiger partial charge in [0.05, 0.1) is 0 Å². The molecule has 0 unspecified atom stereocenters. The van der Waals surface area contributed by atoms with E-state index in [9.17, 15) is 0 Å². The molecule has 0 nitrogen and oxygen atoms in total. The van der Waals surface area contributed by atoms with E-state index in [1.807, 2.05) is 0 Å². The molecule has 0 saturated heterocycles. The highest BCUT2D eigenvalue weighted by Crippen LogP contribution is 2.47. The summed E-state index contributed by atoms with van der Waals surface area (Å²) in [6.07, 6.45) is 37.1. The van der Waals surface area contributed by atoms with Crippen molar-refractivity contribution in [3.63, 3.8) is 0 Å². The van der Waals surface area contributed by atoms with Crippen LogP contribution in [-0.2, 0) is 5.41 Å². The van der Waals surface area contributed by atoms with Crippen molar-refractivity contribution >= 4 is 24.3 Å². The van der Waals surface area contributed by atoms with E-state index in [0.29, 0.717) is 0 Å². The second-order valence-corrected chi connectivity index (χ2v) is 17.5. The Morgan fingerprint density at radius 2 is 0.810 bits per heavy atom. The van der Waals surface area contributed by atoms with Crippen LogP contribution >= 0.6 is 0 Å². The average molecular weight is 769 g/mol. The maximum absolute atomic E-state index is 2.44. The Bertz CT molecular complexity index is 2390. The first kappa shape index (κ1) is 45.8. The minimum atomic E-state index is -0.211. The van der Waals surface area contributed by atoms with Gasteiger partial charge in [-0.25, -0.2) is 0 Å². The largest absolute Gasteiger partial charge is 0.0845 e. The molecular weight excluding hydrogens is 697 g/mol. The molecular formula is C58H72. The van der Waals surface area contributed by atoms with E-state index in [2.05, 4.69) is 222 Å². The van der Waals surface area contributed by atoms with Gasteiger partial charge in [0.15, 0.2) is 0 Å². The van der Waals surface area contributed by atoms with Gasteiger partial charge in [-0.05, 0) is 229 Å². The van der Waals surface area contributed by atoms with Crippen LogP contribution in [-0.4, -0.2) is 0 Å². The Morgan fingerprint density at radius 3 is 1.17 bits per heavy atom. The smallest absolute Gasteiger partial charge is 0.0164 e. The molecule has 0 aromatic heterocycles. The minimum absolute atomic E-state index is 0.211. The van der Waals surface area contributed by atoms with Crippen LogP contribution < -0.4 is 0 Å². The van der Waals surface area contributed by atoms with Gasteiger partial charge in [0, 0.05) is 5.41 Å². The molecule has 0 atom stereocenters. The first-order valence-corrected chi connectivity index (χ1v) is 21.3. The van der Waals surface area contributed by atoms with E-state index in [1.54, 1.807) is 0 Å². The highest BCUT2D eigenvalue weighted by molar-refractivity contribution is 5.85.